The molecule has 6 nitrogen and oxygen atoms in total. The zero-order chi connectivity index (χ0) is 14.1. The van der Waals surface area contributed by atoms with Crippen molar-refractivity contribution in [3.8, 4) is 5.75 Å². The normalized spacial score (nSPS) is 11.9. The van der Waals surface area contributed by atoms with Crippen LogP contribution in [0.15, 0.2) is 24.3 Å². The van der Waals surface area contributed by atoms with E-state index in [0.717, 1.165) is 5.56 Å². The average molecular weight is 269 g/mol. The fourth-order valence-corrected chi connectivity index (χ4v) is 1.41. The van der Waals surface area contributed by atoms with Crippen molar-refractivity contribution in [2.45, 2.75) is 12.6 Å². The van der Waals surface area contributed by atoms with Gasteiger partial charge in [0.1, 0.15) is 18.4 Å². The van der Waals surface area contributed by atoms with E-state index in [-0.39, 0.29) is 19.8 Å². The molecule has 19 heavy (non-hydrogen) atoms. The van der Waals surface area contributed by atoms with Gasteiger partial charge in [-0.15, -0.1) is 0 Å². The predicted molar refractivity (Wildman–Crippen MR) is 68.7 cm³/mol. The van der Waals surface area contributed by atoms with Crippen molar-refractivity contribution in [3.63, 3.8) is 0 Å². The summed E-state index contributed by atoms with van der Waals surface area (Å²) in [5, 5.41) is 8.67. The Bertz CT molecular complexity index is 396. The van der Waals surface area contributed by atoms with Gasteiger partial charge in [-0.25, -0.2) is 0 Å². The van der Waals surface area contributed by atoms with Crippen molar-refractivity contribution >= 4 is 5.97 Å². The Morgan fingerprint density at radius 2 is 2.26 bits per heavy atom. The molecule has 1 aromatic carbocycles. The van der Waals surface area contributed by atoms with E-state index >= 15 is 0 Å². The van der Waals surface area contributed by atoms with E-state index in [1.54, 1.807) is 12.1 Å². The summed E-state index contributed by atoms with van der Waals surface area (Å²) < 4.78 is 15.1. The van der Waals surface area contributed by atoms with Crippen LogP contribution in [0.25, 0.3) is 0 Å². The highest BCUT2D eigenvalue weighted by Crippen LogP contribution is 2.14. The van der Waals surface area contributed by atoms with Crippen molar-refractivity contribution < 1.29 is 24.1 Å². The van der Waals surface area contributed by atoms with Crippen LogP contribution in [0.5, 0.6) is 5.75 Å². The summed E-state index contributed by atoms with van der Waals surface area (Å²) in [7, 11) is 1.28. The molecule has 1 rings (SSSR count). The highest BCUT2D eigenvalue weighted by atomic mass is 16.5. The second kappa shape index (κ2) is 8.47. The summed E-state index contributed by atoms with van der Waals surface area (Å²) in [6, 6.07) is 6.51. The number of benzene rings is 1. The number of esters is 1. The summed E-state index contributed by atoms with van der Waals surface area (Å²) in [5.74, 6) is 0.160. The maximum Gasteiger partial charge on any atom is 0.325 e. The van der Waals surface area contributed by atoms with Crippen LogP contribution in [-0.2, 0) is 20.9 Å². The van der Waals surface area contributed by atoms with Gasteiger partial charge >= 0.3 is 5.97 Å². The lowest BCUT2D eigenvalue weighted by atomic mass is 10.2. The van der Waals surface area contributed by atoms with Crippen molar-refractivity contribution in [1.29, 1.82) is 0 Å². The van der Waals surface area contributed by atoms with E-state index in [1.165, 1.54) is 7.11 Å². The molecule has 0 bridgehead atoms. The van der Waals surface area contributed by atoms with Gasteiger partial charge in [0.05, 0.1) is 26.9 Å². The first-order chi connectivity index (χ1) is 9.17. The molecule has 3 N–H and O–H groups in total. The minimum absolute atomic E-state index is 0.0330. The first-order valence-electron chi connectivity index (χ1n) is 5.91. The SMILES string of the molecule is COC(=O)[C@@H](N)COCc1cccc(OCCO)c1. The number of nitrogens with two attached hydrogens (primary N) is 1. The minimum atomic E-state index is -0.779. The average Bonchev–Trinajstić information content (AvgIpc) is 2.44. The van der Waals surface area contributed by atoms with Crippen LogP contribution >= 0.6 is 0 Å². The van der Waals surface area contributed by atoms with Crippen LogP contribution in [0.3, 0.4) is 0 Å². The quantitative estimate of drug-likeness (QED) is 0.649. The Morgan fingerprint density at radius 3 is 2.95 bits per heavy atom. The van der Waals surface area contributed by atoms with Crippen LogP contribution in [0.1, 0.15) is 5.56 Å². The molecule has 1 aromatic rings. The zero-order valence-corrected chi connectivity index (χ0v) is 10.9. The van der Waals surface area contributed by atoms with E-state index in [0.29, 0.717) is 12.4 Å². The molecule has 0 aromatic heterocycles. The molecule has 0 heterocycles. The maximum absolute atomic E-state index is 11.1. The third-order valence-electron chi connectivity index (χ3n) is 2.33. The third kappa shape index (κ3) is 5.69. The summed E-state index contributed by atoms with van der Waals surface area (Å²) in [5.41, 5.74) is 6.43. The molecule has 0 amide bonds. The molecule has 0 aliphatic carbocycles. The van der Waals surface area contributed by atoms with Gasteiger partial charge in [-0.05, 0) is 17.7 Å². The number of carbonyl (C=O) groups is 1. The highest BCUT2D eigenvalue weighted by molar-refractivity contribution is 5.75. The second-order valence-corrected chi connectivity index (χ2v) is 3.86. The lowest BCUT2D eigenvalue weighted by Crippen LogP contribution is -2.36. The number of carbonyl (C=O) groups excluding carboxylic acids is 1. The largest absolute Gasteiger partial charge is 0.491 e. The lowest BCUT2D eigenvalue weighted by molar-refractivity contribution is -0.143. The topological polar surface area (TPSA) is 91.0 Å². The Morgan fingerprint density at radius 1 is 1.47 bits per heavy atom. The van der Waals surface area contributed by atoms with Crippen LogP contribution in [-0.4, -0.2) is 44.0 Å². The molecule has 0 spiro atoms. The van der Waals surface area contributed by atoms with Crippen molar-refractivity contribution in [1.82, 2.24) is 0 Å². The number of rotatable bonds is 8. The Balaban J connectivity index is 2.38. The van der Waals surface area contributed by atoms with Crippen LogP contribution in [0.2, 0.25) is 0 Å². The summed E-state index contributed by atoms with van der Waals surface area (Å²) >= 11 is 0. The molecule has 0 unspecified atom stereocenters. The molecule has 0 aliphatic rings. The van der Waals surface area contributed by atoms with E-state index in [9.17, 15) is 4.79 Å². The van der Waals surface area contributed by atoms with Crippen molar-refractivity contribution in [3.05, 3.63) is 29.8 Å². The fourth-order valence-electron chi connectivity index (χ4n) is 1.41. The fraction of sp³-hybridized carbons (Fsp3) is 0.462. The Labute approximate surface area is 112 Å². The molecule has 6 heteroatoms. The Kier molecular flexibility index (Phi) is 6.88. The van der Waals surface area contributed by atoms with Gasteiger partial charge in [-0.3, -0.25) is 4.79 Å². The number of aliphatic hydroxyl groups excluding tert-OH is 1. The first-order valence-corrected chi connectivity index (χ1v) is 5.91. The number of ether oxygens (including phenoxy) is 3. The van der Waals surface area contributed by atoms with Gasteiger partial charge in [0, 0.05) is 0 Å². The lowest BCUT2D eigenvalue weighted by Gasteiger charge is -2.11. The highest BCUT2D eigenvalue weighted by Gasteiger charge is 2.13. The van der Waals surface area contributed by atoms with Gasteiger partial charge in [0.15, 0.2) is 0 Å². The summed E-state index contributed by atoms with van der Waals surface area (Å²) in [6.07, 6.45) is 0. The predicted octanol–water partition coefficient (Wildman–Crippen LogP) is 0.0746. The van der Waals surface area contributed by atoms with Gasteiger partial charge in [0.2, 0.25) is 0 Å². The summed E-state index contributed by atoms with van der Waals surface area (Å²) in [4.78, 5) is 11.1. The molecule has 0 saturated carbocycles. The van der Waals surface area contributed by atoms with Gasteiger partial charge in [-0.2, -0.15) is 0 Å². The van der Waals surface area contributed by atoms with Gasteiger partial charge < -0.3 is 25.1 Å². The molecule has 106 valence electrons. The monoisotopic (exact) mass is 269 g/mol. The van der Waals surface area contributed by atoms with Gasteiger partial charge in [-0.1, -0.05) is 12.1 Å². The van der Waals surface area contributed by atoms with Crippen molar-refractivity contribution in [2.75, 3.05) is 26.9 Å². The second-order valence-electron chi connectivity index (χ2n) is 3.86. The molecular weight excluding hydrogens is 250 g/mol. The zero-order valence-electron chi connectivity index (χ0n) is 10.9. The number of hydrogen-bond donors (Lipinski definition) is 2. The van der Waals surface area contributed by atoms with Crippen molar-refractivity contribution in [2.24, 2.45) is 5.73 Å². The Hall–Kier alpha value is -1.63. The smallest absolute Gasteiger partial charge is 0.325 e. The molecule has 1 atom stereocenters. The van der Waals surface area contributed by atoms with Gasteiger partial charge in [0.25, 0.3) is 0 Å². The molecule has 0 radical (unpaired) electrons. The van der Waals surface area contributed by atoms with E-state index in [4.69, 9.17) is 20.3 Å². The van der Waals surface area contributed by atoms with Crippen LogP contribution in [0.4, 0.5) is 0 Å². The number of methoxy groups -OCH3 is 1. The first kappa shape index (κ1) is 15.4. The number of hydrogen-bond acceptors (Lipinski definition) is 6. The molecule has 0 saturated heterocycles. The maximum atomic E-state index is 11.1. The minimum Gasteiger partial charge on any atom is -0.491 e. The van der Waals surface area contributed by atoms with Crippen LogP contribution < -0.4 is 10.5 Å². The molecular formula is C13H19NO5. The molecule has 0 aliphatic heterocycles. The standard InChI is InChI=1S/C13H19NO5/c1-17-13(16)12(14)9-18-8-10-3-2-4-11(7-10)19-6-5-15/h2-4,7,12,15H,5-6,8-9,14H2,1H3/t12-/m0/s1. The molecule has 0 fully saturated rings. The third-order valence-corrected chi connectivity index (χ3v) is 2.33. The van der Waals surface area contributed by atoms with E-state index < -0.39 is 12.0 Å². The van der Waals surface area contributed by atoms with E-state index in [1.807, 2.05) is 12.1 Å². The summed E-state index contributed by atoms with van der Waals surface area (Å²) in [6.45, 7) is 0.627. The van der Waals surface area contributed by atoms with Crippen LogP contribution in [0, 0.1) is 0 Å². The number of aliphatic hydroxyl groups is 1. The van der Waals surface area contributed by atoms with E-state index in [2.05, 4.69) is 4.74 Å².